The zero-order valence-electron chi connectivity index (χ0n) is 14.7. The van der Waals surface area contributed by atoms with Crippen LogP contribution in [0.15, 0.2) is 60.1 Å². The van der Waals surface area contributed by atoms with Crippen LogP contribution in [0.25, 0.3) is 16.8 Å². The van der Waals surface area contributed by atoms with Crippen LogP contribution in [0.5, 0.6) is 5.75 Å². The molecule has 0 aliphatic carbocycles. The van der Waals surface area contributed by atoms with Crippen molar-refractivity contribution in [1.29, 1.82) is 5.26 Å². The maximum atomic E-state index is 9.49. The fraction of sp³-hybridized carbons (Fsp3) is 0.143. The molecule has 130 valence electrons. The Bertz CT molecular complexity index is 952. The van der Waals surface area contributed by atoms with Crippen molar-refractivity contribution in [2.45, 2.75) is 13.3 Å². The van der Waals surface area contributed by atoms with Gasteiger partial charge in [-0.25, -0.2) is 4.98 Å². The highest BCUT2D eigenvalue weighted by atomic mass is 32.1. The summed E-state index contributed by atoms with van der Waals surface area (Å²) in [5.74, 6) is 0.783. The highest BCUT2D eigenvalue weighted by molar-refractivity contribution is 7.11. The Kier molecular flexibility index (Phi) is 5.67. The van der Waals surface area contributed by atoms with Gasteiger partial charge in [0.2, 0.25) is 0 Å². The predicted octanol–water partition coefficient (Wildman–Crippen LogP) is 5.36. The average molecular weight is 361 g/mol. The van der Waals surface area contributed by atoms with Crippen LogP contribution >= 0.6 is 11.3 Å². The lowest BCUT2D eigenvalue weighted by Crippen LogP contribution is -1.91. The highest BCUT2D eigenvalue weighted by Gasteiger charge is 2.09. The van der Waals surface area contributed by atoms with Crippen molar-refractivity contribution in [1.82, 2.24) is 4.98 Å². The van der Waals surface area contributed by atoms with Gasteiger partial charge in [-0.3, -0.25) is 0 Å². The number of rotatable bonds is 6. The molecule has 5 heteroatoms. The molecule has 3 aromatic rings. The van der Waals surface area contributed by atoms with Crippen molar-refractivity contribution < 1.29 is 4.74 Å². The molecule has 0 bridgehead atoms. The molecule has 0 saturated heterocycles. The van der Waals surface area contributed by atoms with E-state index in [4.69, 9.17) is 4.74 Å². The third kappa shape index (κ3) is 4.11. The number of benzene rings is 2. The molecule has 3 rings (SSSR count). The zero-order valence-corrected chi connectivity index (χ0v) is 15.5. The Morgan fingerprint density at radius 3 is 2.77 bits per heavy atom. The molecule has 0 aliphatic heterocycles. The van der Waals surface area contributed by atoms with E-state index in [1.54, 1.807) is 13.3 Å². The molecule has 0 amide bonds. The molecule has 0 saturated carbocycles. The maximum absolute atomic E-state index is 9.49. The Labute approximate surface area is 157 Å². The first kappa shape index (κ1) is 17.7. The molecule has 2 aromatic carbocycles. The Hall–Kier alpha value is -3.10. The SMILES string of the molecule is CCc1ccc(NC=C(C#N)c2nc(-c3cccc(OC)c3)cs2)cc1. The van der Waals surface area contributed by atoms with Crippen molar-refractivity contribution in [2.24, 2.45) is 0 Å². The first-order chi connectivity index (χ1) is 12.7. The van der Waals surface area contributed by atoms with E-state index in [1.165, 1.54) is 16.9 Å². The molecule has 0 aliphatic rings. The van der Waals surface area contributed by atoms with E-state index in [0.29, 0.717) is 10.6 Å². The van der Waals surface area contributed by atoms with E-state index in [-0.39, 0.29) is 0 Å². The number of allylic oxidation sites excluding steroid dienone is 1. The molecule has 0 spiro atoms. The predicted molar refractivity (Wildman–Crippen MR) is 107 cm³/mol. The van der Waals surface area contributed by atoms with Gasteiger partial charge in [0.1, 0.15) is 22.4 Å². The molecule has 0 unspecified atom stereocenters. The number of thiazole rings is 1. The summed E-state index contributed by atoms with van der Waals surface area (Å²) in [5, 5.41) is 15.3. The van der Waals surface area contributed by atoms with Gasteiger partial charge in [0.05, 0.1) is 12.8 Å². The third-order valence-electron chi connectivity index (χ3n) is 3.97. The Balaban J connectivity index is 1.80. The minimum absolute atomic E-state index is 0.503. The lowest BCUT2D eigenvalue weighted by Gasteiger charge is -2.03. The van der Waals surface area contributed by atoms with E-state index in [2.05, 4.69) is 35.4 Å². The van der Waals surface area contributed by atoms with Crippen LogP contribution in [0.1, 0.15) is 17.5 Å². The molecule has 0 radical (unpaired) electrons. The zero-order chi connectivity index (χ0) is 18.4. The largest absolute Gasteiger partial charge is 0.497 e. The standard InChI is InChI=1S/C21H19N3OS/c1-3-15-7-9-18(10-8-15)23-13-17(12-22)21-24-20(14-26-21)16-5-4-6-19(11-16)25-2/h4-11,13-14,23H,3H2,1-2H3. The summed E-state index contributed by atoms with van der Waals surface area (Å²) in [6.07, 6.45) is 2.71. The number of nitrogens with one attached hydrogen (secondary N) is 1. The maximum Gasteiger partial charge on any atom is 0.136 e. The molecule has 0 atom stereocenters. The average Bonchev–Trinajstić information content (AvgIpc) is 3.19. The topological polar surface area (TPSA) is 57.9 Å². The highest BCUT2D eigenvalue weighted by Crippen LogP contribution is 2.28. The van der Waals surface area contributed by atoms with Gasteiger partial charge >= 0.3 is 0 Å². The number of methoxy groups -OCH3 is 1. The minimum atomic E-state index is 0.503. The van der Waals surface area contributed by atoms with E-state index in [1.807, 2.05) is 41.8 Å². The summed E-state index contributed by atoms with van der Waals surface area (Å²) in [4.78, 5) is 4.60. The number of hydrogen-bond donors (Lipinski definition) is 1. The van der Waals surface area contributed by atoms with Crippen LogP contribution in [0.2, 0.25) is 0 Å². The second kappa shape index (κ2) is 8.32. The van der Waals surface area contributed by atoms with Gasteiger partial charge < -0.3 is 10.1 Å². The van der Waals surface area contributed by atoms with E-state index >= 15 is 0 Å². The van der Waals surface area contributed by atoms with Crippen molar-refractivity contribution in [2.75, 3.05) is 12.4 Å². The summed E-state index contributed by atoms with van der Waals surface area (Å²) >= 11 is 1.45. The van der Waals surface area contributed by atoms with E-state index < -0.39 is 0 Å². The van der Waals surface area contributed by atoms with Crippen LogP contribution in [0.4, 0.5) is 5.69 Å². The molecule has 4 nitrogen and oxygen atoms in total. The molecular formula is C21H19N3OS. The van der Waals surface area contributed by atoms with Crippen molar-refractivity contribution in [3.8, 4) is 23.1 Å². The van der Waals surface area contributed by atoms with Crippen LogP contribution < -0.4 is 10.1 Å². The molecule has 26 heavy (non-hydrogen) atoms. The summed E-state index contributed by atoms with van der Waals surface area (Å²) in [7, 11) is 1.64. The van der Waals surface area contributed by atoms with Gasteiger partial charge in [-0.1, -0.05) is 31.2 Å². The molecule has 0 fully saturated rings. The van der Waals surface area contributed by atoms with Crippen LogP contribution in [-0.2, 0) is 6.42 Å². The Morgan fingerprint density at radius 1 is 1.27 bits per heavy atom. The lowest BCUT2D eigenvalue weighted by atomic mass is 10.1. The fourth-order valence-corrected chi connectivity index (χ4v) is 3.24. The Morgan fingerprint density at radius 2 is 2.08 bits per heavy atom. The fourth-order valence-electron chi connectivity index (χ4n) is 2.45. The second-order valence-corrected chi connectivity index (χ2v) is 6.49. The van der Waals surface area contributed by atoms with Gasteiger partial charge in [-0.05, 0) is 36.2 Å². The summed E-state index contributed by atoms with van der Waals surface area (Å²) < 4.78 is 5.26. The van der Waals surface area contributed by atoms with Gasteiger partial charge in [0, 0.05) is 22.8 Å². The van der Waals surface area contributed by atoms with Crippen molar-refractivity contribution in [3.05, 3.63) is 70.7 Å². The number of ether oxygens (including phenoxy) is 1. The molecule has 1 aromatic heterocycles. The normalized spacial score (nSPS) is 11.0. The second-order valence-electron chi connectivity index (χ2n) is 5.63. The molecular weight excluding hydrogens is 342 g/mol. The summed E-state index contributed by atoms with van der Waals surface area (Å²) in [5.41, 5.74) is 4.52. The minimum Gasteiger partial charge on any atom is -0.497 e. The first-order valence-electron chi connectivity index (χ1n) is 8.29. The smallest absolute Gasteiger partial charge is 0.136 e. The van der Waals surface area contributed by atoms with Crippen LogP contribution in [0, 0.1) is 11.3 Å². The van der Waals surface area contributed by atoms with Gasteiger partial charge in [0.25, 0.3) is 0 Å². The first-order valence-corrected chi connectivity index (χ1v) is 9.17. The van der Waals surface area contributed by atoms with E-state index in [0.717, 1.165) is 29.1 Å². The number of nitriles is 1. The number of aryl methyl sites for hydroxylation is 1. The van der Waals surface area contributed by atoms with Gasteiger partial charge in [-0.15, -0.1) is 11.3 Å². The number of nitrogens with zero attached hydrogens (tertiary/aromatic N) is 2. The van der Waals surface area contributed by atoms with Gasteiger partial charge in [-0.2, -0.15) is 5.26 Å². The number of anilines is 1. The summed E-state index contributed by atoms with van der Waals surface area (Å²) in [6, 6.07) is 18.1. The molecule has 1 heterocycles. The molecule has 1 N–H and O–H groups in total. The quantitative estimate of drug-likeness (QED) is 0.601. The number of hydrogen-bond acceptors (Lipinski definition) is 5. The van der Waals surface area contributed by atoms with Crippen molar-refractivity contribution in [3.63, 3.8) is 0 Å². The van der Waals surface area contributed by atoms with Crippen molar-refractivity contribution >= 4 is 22.6 Å². The summed E-state index contributed by atoms with van der Waals surface area (Å²) in [6.45, 7) is 2.12. The monoisotopic (exact) mass is 361 g/mol. The van der Waals surface area contributed by atoms with E-state index in [9.17, 15) is 5.26 Å². The van der Waals surface area contributed by atoms with Gasteiger partial charge in [0.15, 0.2) is 0 Å². The van der Waals surface area contributed by atoms with Crippen LogP contribution in [-0.4, -0.2) is 12.1 Å². The number of aromatic nitrogens is 1. The third-order valence-corrected chi connectivity index (χ3v) is 4.84. The van der Waals surface area contributed by atoms with Crippen LogP contribution in [0.3, 0.4) is 0 Å². The lowest BCUT2D eigenvalue weighted by molar-refractivity contribution is 0.415.